The molecule has 1 amide bonds. The third-order valence-corrected chi connectivity index (χ3v) is 4.19. The van der Waals surface area contributed by atoms with Gasteiger partial charge in [-0.25, -0.2) is 0 Å². The van der Waals surface area contributed by atoms with Gasteiger partial charge in [0.1, 0.15) is 11.4 Å². The highest BCUT2D eigenvalue weighted by atomic mass is 16.5. The molecule has 0 spiro atoms. The van der Waals surface area contributed by atoms with Crippen molar-refractivity contribution in [2.45, 2.75) is 12.3 Å². The van der Waals surface area contributed by atoms with Crippen molar-refractivity contribution in [1.29, 1.82) is 0 Å². The minimum absolute atomic E-state index is 0.0350. The van der Waals surface area contributed by atoms with E-state index in [1.807, 2.05) is 42.5 Å². The minimum atomic E-state index is -0.125. The SMILES string of the molecule is COc1ccc(N2C[C@@H](c3nc(-c4ccccn4)no3)CC2=O)cc1. The highest BCUT2D eigenvalue weighted by molar-refractivity contribution is 5.96. The van der Waals surface area contributed by atoms with Crippen molar-refractivity contribution < 1.29 is 14.1 Å². The highest BCUT2D eigenvalue weighted by Gasteiger charge is 2.35. The van der Waals surface area contributed by atoms with E-state index >= 15 is 0 Å². The highest BCUT2D eigenvalue weighted by Crippen LogP contribution is 2.32. The number of hydrogen-bond acceptors (Lipinski definition) is 6. The molecule has 0 bridgehead atoms. The molecular weight excluding hydrogens is 320 g/mol. The second kappa shape index (κ2) is 6.35. The molecule has 126 valence electrons. The van der Waals surface area contributed by atoms with Crippen LogP contribution in [0.25, 0.3) is 11.5 Å². The smallest absolute Gasteiger partial charge is 0.232 e. The maximum atomic E-state index is 12.4. The molecule has 25 heavy (non-hydrogen) atoms. The number of pyridine rings is 1. The summed E-state index contributed by atoms with van der Waals surface area (Å²) < 4.78 is 10.5. The van der Waals surface area contributed by atoms with E-state index < -0.39 is 0 Å². The Balaban J connectivity index is 1.53. The summed E-state index contributed by atoms with van der Waals surface area (Å²) in [4.78, 5) is 22.7. The van der Waals surface area contributed by atoms with Gasteiger partial charge in [-0.05, 0) is 36.4 Å². The van der Waals surface area contributed by atoms with E-state index in [0.717, 1.165) is 11.4 Å². The van der Waals surface area contributed by atoms with Crippen LogP contribution in [0.4, 0.5) is 5.69 Å². The number of benzene rings is 1. The average Bonchev–Trinajstić information content (AvgIpc) is 3.29. The zero-order chi connectivity index (χ0) is 17.2. The van der Waals surface area contributed by atoms with E-state index in [1.54, 1.807) is 18.2 Å². The Morgan fingerprint density at radius 1 is 1.20 bits per heavy atom. The van der Waals surface area contributed by atoms with Gasteiger partial charge in [0, 0.05) is 24.8 Å². The molecule has 2 aromatic heterocycles. The van der Waals surface area contributed by atoms with Gasteiger partial charge >= 0.3 is 0 Å². The Kier molecular flexibility index (Phi) is 3.89. The summed E-state index contributed by atoms with van der Waals surface area (Å²) in [5.74, 6) is 1.56. The molecule has 1 atom stereocenters. The van der Waals surface area contributed by atoms with Gasteiger partial charge in [0.25, 0.3) is 0 Å². The van der Waals surface area contributed by atoms with Gasteiger partial charge in [-0.2, -0.15) is 4.98 Å². The number of anilines is 1. The van der Waals surface area contributed by atoms with Crippen molar-refractivity contribution in [2.24, 2.45) is 0 Å². The van der Waals surface area contributed by atoms with Crippen molar-refractivity contribution in [3.8, 4) is 17.3 Å². The summed E-state index contributed by atoms with van der Waals surface area (Å²) in [5, 5.41) is 3.98. The lowest BCUT2D eigenvalue weighted by molar-refractivity contribution is -0.117. The average molecular weight is 336 g/mol. The first-order valence-electron chi connectivity index (χ1n) is 7.94. The lowest BCUT2D eigenvalue weighted by Gasteiger charge is -2.16. The molecule has 0 saturated carbocycles. The molecule has 0 aliphatic carbocycles. The van der Waals surface area contributed by atoms with Crippen LogP contribution in [0.3, 0.4) is 0 Å². The number of hydrogen-bond donors (Lipinski definition) is 0. The first kappa shape index (κ1) is 15.3. The van der Waals surface area contributed by atoms with Crippen LogP contribution in [0.15, 0.2) is 53.2 Å². The second-order valence-electron chi connectivity index (χ2n) is 5.77. The predicted molar refractivity (Wildman–Crippen MR) is 90.2 cm³/mol. The Morgan fingerprint density at radius 3 is 2.76 bits per heavy atom. The van der Waals surface area contributed by atoms with Crippen LogP contribution in [-0.2, 0) is 4.79 Å². The van der Waals surface area contributed by atoms with E-state index in [0.29, 0.717) is 30.4 Å². The molecule has 7 heteroatoms. The topological polar surface area (TPSA) is 81.3 Å². The lowest BCUT2D eigenvalue weighted by Crippen LogP contribution is -2.24. The van der Waals surface area contributed by atoms with E-state index in [1.165, 1.54) is 0 Å². The normalized spacial score (nSPS) is 17.1. The van der Waals surface area contributed by atoms with Crippen LogP contribution < -0.4 is 9.64 Å². The number of carbonyl (C=O) groups is 1. The van der Waals surface area contributed by atoms with Gasteiger partial charge in [0.05, 0.1) is 13.0 Å². The van der Waals surface area contributed by atoms with Crippen LogP contribution in [0.5, 0.6) is 5.75 Å². The van der Waals surface area contributed by atoms with Crippen LogP contribution in [0, 0.1) is 0 Å². The lowest BCUT2D eigenvalue weighted by atomic mass is 10.1. The Labute approximate surface area is 144 Å². The van der Waals surface area contributed by atoms with E-state index in [2.05, 4.69) is 15.1 Å². The summed E-state index contributed by atoms with van der Waals surface area (Å²) in [6, 6.07) is 12.9. The summed E-state index contributed by atoms with van der Waals surface area (Å²) >= 11 is 0. The van der Waals surface area contributed by atoms with Crippen molar-refractivity contribution >= 4 is 11.6 Å². The van der Waals surface area contributed by atoms with Gasteiger partial charge in [-0.1, -0.05) is 11.2 Å². The Morgan fingerprint density at radius 2 is 2.04 bits per heavy atom. The van der Waals surface area contributed by atoms with E-state index in [-0.39, 0.29) is 11.8 Å². The van der Waals surface area contributed by atoms with Crippen molar-refractivity contribution in [1.82, 2.24) is 15.1 Å². The molecular formula is C18H16N4O3. The first-order valence-corrected chi connectivity index (χ1v) is 7.94. The van der Waals surface area contributed by atoms with Crippen molar-refractivity contribution in [3.63, 3.8) is 0 Å². The third-order valence-electron chi connectivity index (χ3n) is 4.19. The molecule has 1 fully saturated rings. The van der Waals surface area contributed by atoms with Gasteiger partial charge in [-0.3, -0.25) is 9.78 Å². The van der Waals surface area contributed by atoms with Gasteiger partial charge in [-0.15, -0.1) is 0 Å². The fourth-order valence-electron chi connectivity index (χ4n) is 2.88. The molecule has 1 aromatic carbocycles. The second-order valence-corrected chi connectivity index (χ2v) is 5.77. The largest absolute Gasteiger partial charge is 0.497 e. The summed E-state index contributed by atoms with van der Waals surface area (Å²) in [6.07, 6.45) is 2.02. The minimum Gasteiger partial charge on any atom is -0.497 e. The van der Waals surface area contributed by atoms with Gasteiger partial charge in [0.2, 0.25) is 17.6 Å². The van der Waals surface area contributed by atoms with Crippen molar-refractivity contribution in [2.75, 3.05) is 18.6 Å². The first-order chi connectivity index (χ1) is 12.2. The molecule has 7 nitrogen and oxygen atoms in total. The number of amides is 1. The van der Waals surface area contributed by atoms with Crippen LogP contribution in [-0.4, -0.2) is 34.7 Å². The Bertz CT molecular complexity index is 877. The molecule has 4 rings (SSSR count). The number of ether oxygens (including phenoxy) is 1. The maximum Gasteiger partial charge on any atom is 0.232 e. The number of rotatable bonds is 4. The van der Waals surface area contributed by atoms with Crippen molar-refractivity contribution in [3.05, 3.63) is 54.6 Å². The molecule has 1 saturated heterocycles. The fourth-order valence-corrected chi connectivity index (χ4v) is 2.88. The summed E-state index contributed by atoms with van der Waals surface area (Å²) in [7, 11) is 1.61. The van der Waals surface area contributed by atoms with Gasteiger partial charge in [0.15, 0.2) is 0 Å². The number of carbonyl (C=O) groups excluding carboxylic acids is 1. The fraction of sp³-hybridized carbons (Fsp3) is 0.222. The monoisotopic (exact) mass is 336 g/mol. The van der Waals surface area contributed by atoms with E-state index in [9.17, 15) is 4.79 Å². The molecule has 1 aliphatic heterocycles. The predicted octanol–water partition coefficient (Wildman–Crippen LogP) is 2.66. The number of nitrogens with zero attached hydrogens (tertiary/aromatic N) is 4. The number of aromatic nitrogens is 3. The third kappa shape index (κ3) is 2.96. The molecule has 1 aliphatic rings. The van der Waals surface area contributed by atoms with E-state index in [4.69, 9.17) is 9.26 Å². The zero-order valence-electron chi connectivity index (χ0n) is 13.6. The van der Waals surface area contributed by atoms with Gasteiger partial charge < -0.3 is 14.2 Å². The summed E-state index contributed by atoms with van der Waals surface area (Å²) in [5.41, 5.74) is 1.48. The molecule has 3 heterocycles. The van der Waals surface area contributed by atoms with Crippen LogP contribution in [0.2, 0.25) is 0 Å². The molecule has 0 N–H and O–H groups in total. The standard InChI is InChI=1S/C18H16N4O3/c1-24-14-7-5-13(6-8-14)22-11-12(10-16(22)23)18-20-17(21-25-18)15-4-2-3-9-19-15/h2-9,12H,10-11H2,1H3/t12-/m0/s1. The zero-order valence-corrected chi connectivity index (χ0v) is 13.6. The molecule has 0 radical (unpaired) electrons. The number of methoxy groups -OCH3 is 1. The quantitative estimate of drug-likeness (QED) is 0.728. The summed E-state index contributed by atoms with van der Waals surface area (Å²) in [6.45, 7) is 0.509. The maximum absolute atomic E-state index is 12.4. The van der Waals surface area contributed by atoms with Crippen LogP contribution in [0.1, 0.15) is 18.2 Å². The molecule has 3 aromatic rings. The van der Waals surface area contributed by atoms with Crippen LogP contribution >= 0.6 is 0 Å². The Hall–Kier alpha value is -3.22. The molecule has 0 unspecified atom stereocenters.